The Bertz CT molecular complexity index is 193. The summed E-state index contributed by atoms with van der Waals surface area (Å²) in [5.74, 6) is 0. The first-order valence-corrected chi connectivity index (χ1v) is 7.60. The third kappa shape index (κ3) is 8.68. The molecule has 56 valence electrons. The third-order valence-corrected chi connectivity index (χ3v) is 1.28. The number of hydrogen-bond acceptors (Lipinski definition) is 4. The van der Waals surface area contributed by atoms with Gasteiger partial charge in [0, 0.05) is 0 Å². The van der Waals surface area contributed by atoms with Crippen molar-refractivity contribution in [2.24, 2.45) is 0 Å². The van der Waals surface area contributed by atoms with Crippen molar-refractivity contribution < 1.29 is 27.3 Å². The molecule has 0 aromatic carbocycles. The van der Waals surface area contributed by atoms with Crippen LogP contribution >= 0.6 is 19.7 Å². The Morgan fingerprint density at radius 3 is 2.00 bits per heavy atom. The Labute approximate surface area is 60.7 Å². The van der Waals surface area contributed by atoms with Crippen LogP contribution in [0.4, 0.5) is 0 Å². The molecule has 0 heterocycles. The van der Waals surface area contributed by atoms with Crippen LogP contribution < -0.4 is 0 Å². The first kappa shape index (κ1) is 9.68. The maximum absolute atomic E-state index is 10.2. The van der Waals surface area contributed by atoms with Crippen molar-refractivity contribution in [3.63, 3.8) is 0 Å². The van der Waals surface area contributed by atoms with Gasteiger partial charge in [-0.3, -0.25) is 0 Å². The molecule has 0 aromatic rings. The summed E-state index contributed by atoms with van der Waals surface area (Å²) in [7, 11) is 9.31. The van der Waals surface area contributed by atoms with Gasteiger partial charge >= 0.3 is 60.5 Å². The van der Waals surface area contributed by atoms with Crippen molar-refractivity contribution in [1.82, 2.24) is 0 Å². The first-order chi connectivity index (χ1) is 3.81. The summed E-state index contributed by atoms with van der Waals surface area (Å²) in [6.07, 6.45) is 0. The molecule has 0 saturated carbocycles. The monoisotopic (exact) mass is 214 g/mol. The zero-order chi connectivity index (χ0) is 7.57. The van der Waals surface area contributed by atoms with Crippen LogP contribution in [0.5, 0.6) is 0 Å². The molecule has 0 aliphatic carbocycles. The summed E-state index contributed by atoms with van der Waals surface area (Å²) < 4.78 is 24.2. The molecule has 7 heteroatoms. The molecule has 0 unspecified atom stereocenters. The molecule has 0 fully saturated rings. The zero-order valence-electron chi connectivity index (χ0n) is 4.54. The van der Waals surface area contributed by atoms with Crippen LogP contribution in [0.1, 0.15) is 6.92 Å². The van der Waals surface area contributed by atoms with E-state index >= 15 is 0 Å². The summed E-state index contributed by atoms with van der Waals surface area (Å²) in [6.45, 7) is 1.60. The van der Waals surface area contributed by atoms with E-state index in [1.54, 1.807) is 0 Å². The standard InChI is InChI=1S/C2H6O2.2ClH.2O.V/c1-2-4-3;;;;;/h3H,2H2,1H3;2*1H;;;/q;;;;;+3/p-3. The maximum atomic E-state index is 10.2. The van der Waals surface area contributed by atoms with Crippen molar-refractivity contribution in [3.05, 3.63) is 0 Å². The SMILES string of the molecule is CCO[O][V](=[O])(=[O])([Cl])[Cl]. The van der Waals surface area contributed by atoms with E-state index in [-0.39, 0.29) is 6.61 Å². The van der Waals surface area contributed by atoms with Crippen molar-refractivity contribution in [2.45, 2.75) is 6.92 Å². The molecule has 0 spiro atoms. The van der Waals surface area contributed by atoms with Gasteiger partial charge in [-0.25, -0.2) is 0 Å². The van der Waals surface area contributed by atoms with Crippen molar-refractivity contribution in [1.29, 1.82) is 0 Å². The van der Waals surface area contributed by atoms with E-state index in [4.69, 9.17) is 0 Å². The molecule has 0 aromatic heterocycles. The van der Waals surface area contributed by atoms with Gasteiger partial charge in [0.2, 0.25) is 0 Å². The van der Waals surface area contributed by atoms with E-state index in [1.807, 2.05) is 0 Å². The second kappa shape index (κ2) is 2.74. The van der Waals surface area contributed by atoms with Crippen LogP contribution in [0.3, 0.4) is 0 Å². The predicted octanol–water partition coefficient (Wildman–Crippen LogP) is 1.56. The van der Waals surface area contributed by atoms with E-state index in [9.17, 15) is 7.35 Å². The molecule has 4 nitrogen and oxygen atoms in total. The molecular formula is C2H5Cl2O4V. The first-order valence-electron chi connectivity index (χ1n) is 2.05. The minimum absolute atomic E-state index is 0.0695. The fourth-order valence-electron chi connectivity index (χ4n) is 0.136. The molecule has 9 heavy (non-hydrogen) atoms. The van der Waals surface area contributed by atoms with Crippen LogP contribution in [0, 0.1) is 0 Å². The van der Waals surface area contributed by atoms with E-state index in [0.717, 1.165) is 0 Å². The molecule has 0 radical (unpaired) electrons. The number of hydrogen-bond donors (Lipinski definition) is 0. The van der Waals surface area contributed by atoms with Gasteiger partial charge in [-0.15, -0.1) is 0 Å². The van der Waals surface area contributed by atoms with Crippen LogP contribution in [0.25, 0.3) is 0 Å². The Morgan fingerprint density at radius 2 is 1.89 bits per heavy atom. The average Bonchev–Trinajstić information content (AvgIpc) is 1.57. The summed E-state index contributed by atoms with van der Waals surface area (Å²) in [4.78, 5) is 3.99. The summed E-state index contributed by atoms with van der Waals surface area (Å²) in [6, 6.07) is 0. The second-order valence-corrected chi connectivity index (χ2v) is 9.13. The van der Waals surface area contributed by atoms with Crippen molar-refractivity contribution in [2.75, 3.05) is 6.61 Å². The third-order valence-electron chi connectivity index (χ3n) is 0.288. The van der Waals surface area contributed by atoms with Gasteiger partial charge in [0.25, 0.3) is 0 Å². The minimum atomic E-state index is -5.88. The summed E-state index contributed by atoms with van der Waals surface area (Å²) in [5.41, 5.74) is 0. The van der Waals surface area contributed by atoms with Crippen LogP contribution in [-0.4, -0.2) is 6.61 Å². The Morgan fingerprint density at radius 1 is 1.44 bits per heavy atom. The molecule has 0 N–H and O–H groups in total. The van der Waals surface area contributed by atoms with Gasteiger partial charge in [0.15, 0.2) is 0 Å². The van der Waals surface area contributed by atoms with Gasteiger partial charge in [0.05, 0.1) is 0 Å². The molecule has 0 saturated heterocycles. The van der Waals surface area contributed by atoms with E-state index in [2.05, 4.69) is 28.4 Å². The van der Waals surface area contributed by atoms with Crippen LogP contribution in [-0.2, 0) is 27.3 Å². The number of halogens is 2. The van der Waals surface area contributed by atoms with Crippen molar-refractivity contribution >= 4 is 19.7 Å². The van der Waals surface area contributed by atoms with Crippen LogP contribution in [0.15, 0.2) is 0 Å². The van der Waals surface area contributed by atoms with Gasteiger partial charge in [0.1, 0.15) is 0 Å². The number of rotatable bonds is 3. The van der Waals surface area contributed by atoms with Gasteiger partial charge in [-0.2, -0.15) is 0 Å². The Kier molecular flexibility index (Phi) is 2.95. The molecular weight excluding hydrogens is 210 g/mol. The zero-order valence-corrected chi connectivity index (χ0v) is 7.45. The van der Waals surface area contributed by atoms with Crippen LogP contribution in [0.2, 0.25) is 0 Å². The van der Waals surface area contributed by atoms with E-state index < -0.39 is 11.2 Å². The molecule has 0 aliphatic heterocycles. The Hall–Kier alpha value is 0.684. The van der Waals surface area contributed by atoms with Gasteiger partial charge in [-0.1, -0.05) is 0 Å². The fraction of sp³-hybridized carbons (Fsp3) is 1.00. The summed E-state index contributed by atoms with van der Waals surface area (Å²) in [5, 5.41) is 0. The van der Waals surface area contributed by atoms with E-state index in [0.29, 0.717) is 0 Å². The fourth-order valence-corrected chi connectivity index (χ4v) is 0.888. The normalized spacial score (nSPS) is 13.8. The second-order valence-electron chi connectivity index (χ2n) is 1.18. The van der Waals surface area contributed by atoms with E-state index in [1.165, 1.54) is 6.92 Å². The molecule has 0 amide bonds. The molecule has 0 atom stereocenters. The van der Waals surface area contributed by atoms with Gasteiger partial charge in [-0.05, 0) is 0 Å². The molecule has 0 bridgehead atoms. The quantitative estimate of drug-likeness (QED) is 0.529. The topological polar surface area (TPSA) is 52.6 Å². The molecule has 0 rings (SSSR count). The molecule has 0 aliphatic rings. The Balaban J connectivity index is 3.93. The average molecular weight is 215 g/mol. The van der Waals surface area contributed by atoms with Gasteiger partial charge < -0.3 is 0 Å². The summed E-state index contributed by atoms with van der Waals surface area (Å²) >= 11 is -5.88. The predicted molar refractivity (Wildman–Crippen MR) is 25.8 cm³/mol. The van der Waals surface area contributed by atoms with Crippen molar-refractivity contribution in [3.8, 4) is 0 Å².